The fourth-order valence-corrected chi connectivity index (χ4v) is 3.72. The van der Waals surface area contributed by atoms with Gasteiger partial charge in [0.2, 0.25) is 0 Å². The van der Waals surface area contributed by atoms with Crippen molar-refractivity contribution in [1.29, 1.82) is 0 Å². The number of anilines is 2. The Hall–Kier alpha value is -3.06. The third kappa shape index (κ3) is 4.57. The van der Waals surface area contributed by atoms with Crippen molar-refractivity contribution in [2.75, 3.05) is 29.9 Å². The van der Waals surface area contributed by atoms with Crippen LogP contribution in [0.3, 0.4) is 0 Å². The standard InChI is InChI=1S/C22H23ClN4O3/c1-14-6-7-16(23)12-18(14)25-21(29)20(28)24-13-15-8-10-27(11-9-15)22-26-17-4-2-3-5-19(17)30-22/h2-7,12,15H,8-11,13H2,1H3,(H,24,28)(H,25,29). The lowest BCUT2D eigenvalue weighted by Gasteiger charge is -2.30. The Kier molecular flexibility index (Phi) is 5.90. The molecule has 156 valence electrons. The molecule has 7 nitrogen and oxygen atoms in total. The lowest BCUT2D eigenvalue weighted by Crippen LogP contribution is -2.42. The van der Waals surface area contributed by atoms with Crippen molar-refractivity contribution >= 4 is 46.2 Å². The van der Waals surface area contributed by atoms with Gasteiger partial charge in [0, 0.05) is 30.3 Å². The van der Waals surface area contributed by atoms with E-state index in [0.717, 1.165) is 42.6 Å². The SMILES string of the molecule is Cc1ccc(Cl)cc1NC(=O)C(=O)NCC1CCN(c2nc3ccccc3o2)CC1. The minimum atomic E-state index is -0.690. The molecular formula is C22H23ClN4O3. The molecule has 3 aromatic rings. The van der Waals surface area contributed by atoms with Crippen LogP contribution < -0.4 is 15.5 Å². The number of hydrogen-bond acceptors (Lipinski definition) is 5. The summed E-state index contributed by atoms with van der Waals surface area (Å²) in [5.74, 6) is -1.03. The maximum atomic E-state index is 12.2. The molecule has 1 aliphatic rings. The second-order valence-electron chi connectivity index (χ2n) is 7.52. The van der Waals surface area contributed by atoms with Gasteiger partial charge in [-0.25, -0.2) is 0 Å². The van der Waals surface area contributed by atoms with Gasteiger partial charge in [-0.3, -0.25) is 9.59 Å². The van der Waals surface area contributed by atoms with Gasteiger partial charge in [0.05, 0.1) is 0 Å². The smallest absolute Gasteiger partial charge is 0.313 e. The summed E-state index contributed by atoms with van der Waals surface area (Å²) < 4.78 is 5.83. The number of carbonyl (C=O) groups is 2. The Morgan fingerprint density at radius 3 is 2.70 bits per heavy atom. The van der Waals surface area contributed by atoms with E-state index in [1.165, 1.54) is 0 Å². The topological polar surface area (TPSA) is 87.5 Å². The third-order valence-electron chi connectivity index (χ3n) is 5.37. The molecule has 1 aliphatic heterocycles. The number of aryl methyl sites for hydroxylation is 1. The van der Waals surface area contributed by atoms with Crippen LogP contribution in [0, 0.1) is 12.8 Å². The molecule has 1 fully saturated rings. The Morgan fingerprint density at radius 1 is 1.17 bits per heavy atom. The summed E-state index contributed by atoms with van der Waals surface area (Å²) in [6.07, 6.45) is 1.77. The van der Waals surface area contributed by atoms with E-state index in [-0.39, 0.29) is 0 Å². The number of rotatable bonds is 4. The number of amides is 2. The van der Waals surface area contributed by atoms with Gasteiger partial charge in [0.15, 0.2) is 5.58 Å². The van der Waals surface area contributed by atoms with Gasteiger partial charge >= 0.3 is 11.8 Å². The van der Waals surface area contributed by atoms with Crippen molar-refractivity contribution < 1.29 is 14.0 Å². The van der Waals surface area contributed by atoms with Gasteiger partial charge < -0.3 is 20.0 Å². The molecule has 2 N–H and O–H groups in total. The number of halogens is 1. The summed E-state index contributed by atoms with van der Waals surface area (Å²) in [6, 6.07) is 13.5. The normalized spacial score (nSPS) is 14.7. The Balaban J connectivity index is 1.25. The quantitative estimate of drug-likeness (QED) is 0.620. The molecule has 0 atom stereocenters. The molecule has 2 heterocycles. The van der Waals surface area contributed by atoms with Crippen molar-refractivity contribution in [3.8, 4) is 0 Å². The molecular weight excluding hydrogens is 404 g/mol. The monoisotopic (exact) mass is 426 g/mol. The number of nitrogens with one attached hydrogen (secondary N) is 2. The number of oxazole rings is 1. The number of para-hydroxylation sites is 2. The molecule has 0 radical (unpaired) electrons. The molecule has 30 heavy (non-hydrogen) atoms. The van der Waals surface area contributed by atoms with Crippen LogP contribution in [-0.4, -0.2) is 36.4 Å². The van der Waals surface area contributed by atoms with Gasteiger partial charge in [0.25, 0.3) is 6.01 Å². The second-order valence-corrected chi connectivity index (χ2v) is 7.95. The predicted molar refractivity (Wildman–Crippen MR) is 117 cm³/mol. The molecule has 0 saturated carbocycles. The molecule has 8 heteroatoms. The lowest BCUT2D eigenvalue weighted by atomic mass is 9.97. The second kappa shape index (κ2) is 8.75. The zero-order valence-corrected chi connectivity index (χ0v) is 17.4. The predicted octanol–water partition coefficient (Wildman–Crippen LogP) is 3.76. The van der Waals surface area contributed by atoms with Crippen molar-refractivity contribution in [2.24, 2.45) is 5.92 Å². The van der Waals surface area contributed by atoms with E-state index in [4.69, 9.17) is 16.0 Å². The Bertz CT molecular complexity index is 1040. The van der Waals surface area contributed by atoms with Crippen molar-refractivity contribution in [1.82, 2.24) is 10.3 Å². The summed E-state index contributed by atoms with van der Waals surface area (Å²) in [4.78, 5) is 31.0. The summed E-state index contributed by atoms with van der Waals surface area (Å²) in [5, 5.41) is 5.86. The summed E-state index contributed by atoms with van der Waals surface area (Å²) in [6.45, 7) is 3.89. The van der Waals surface area contributed by atoms with Crippen LogP contribution >= 0.6 is 11.6 Å². The third-order valence-corrected chi connectivity index (χ3v) is 5.61. The average molecular weight is 427 g/mol. The highest BCUT2D eigenvalue weighted by atomic mass is 35.5. The van der Waals surface area contributed by atoms with Crippen LogP contribution in [0.15, 0.2) is 46.9 Å². The highest BCUT2D eigenvalue weighted by molar-refractivity contribution is 6.40. The van der Waals surface area contributed by atoms with Crippen LogP contribution in [0.1, 0.15) is 18.4 Å². The number of piperidine rings is 1. The molecule has 0 unspecified atom stereocenters. The van der Waals surface area contributed by atoms with Gasteiger partial charge in [-0.05, 0) is 55.5 Å². The minimum absolute atomic E-state index is 0.301. The van der Waals surface area contributed by atoms with Gasteiger partial charge in [0.1, 0.15) is 5.52 Å². The van der Waals surface area contributed by atoms with E-state index in [2.05, 4.69) is 20.5 Å². The van der Waals surface area contributed by atoms with E-state index in [9.17, 15) is 9.59 Å². The largest absolute Gasteiger partial charge is 0.423 e. The van der Waals surface area contributed by atoms with Gasteiger partial charge in [-0.15, -0.1) is 0 Å². The van der Waals surface area contributed by atoms with E-state index in [1.807, 2.05) is 31.2 Å². The first-order valence-corrected chi connectivity index (χ1v) is 10.3. The van der Waals surface area contributed by atoms with Crippen molar-refractivity contribution in [3.05, 3.63) is 53.1 Å². The minimum Gasteiger partial charge on any atom is -0.423 e. The molecule has 1 aromatic heterocycles. The van der Waals surface area contributed by atoms with Crippen LogP contribution in [0.4, 0.5) is 11.7 Å². The summed E-state index contributed by atoms with van der Waals surface area (Å²) >= 11 is 5.95. The highest BCUT2D eigenvalue weighted by Gasteiger charge is 2.24. The van der Waals surface area contributed by atoms with E-state index >= 15 is 0 Å². The zero-order chi connectivity index (χ0) is 21.1. The number of carbonyl (C=O) groups excluding carboxylic acids is 2. The first-order chi connectivity index (χ1) is 14.5. The highest BCUT2D eigenvalue weighted by Crippen LogP contribution is 2.26. The number of fused-ring (bicyclic) bond motifs is 1. The van der Waals surface area contributed by atoms with Crippen LogP contribution in [0.5, 0.6) is 0 Å². The van der Waals surface area contributed by atoms with Gasteiger partial charge in [-0.1, -0.05) is 29.8 Å². The van der Waals surface area contributed by atoms with Crippen molar-refractivity contribution in [3.63, 3.8) is 0 Å². The fraction of sp³-hybridized carbons (Fsp3) is 0.318. The molecule has 2 aromatic carbocycles. The summed E-state index contributed by atoms with van der Waals surface area (Å²) in [5.41, 5.74) is 3.01. The molecule has 2 amide bonds. The van der Waals surface area contributed by atoms with Crippen LogP contribution in [0.2, 0.25) is 5.02 Å². The number of nitrogens with zero attached hydrogens (tertiary/aromatic N) is 2. The molecule has 0 spiro atoms. The number of aromatic nitrogens is 1. The van der Waals surface area contributed by atoms with Crippen molar-refractivity contribution in [2.45, 2.75) is 19.8 Å². The molecule has 0 aliphatic carbocycles. The first-order valence-electron chi connectivity index (χ1n) is 9.95. The Morgan fingerprint density at radius 2 is 1.93 bits per heavy atom. The maximum Gasteiger partial charge on any atom is 0.313 e. The maximum absolute atomic E-state index is 12.2. The number of benzene rings is 2. The van der Waals surface area contributed by atoms with E-state index in [0.29, 0.717) is 29.2 Å². The first kappa shape index (κ1) is 20.2. The fourth-order valence-electron chi connectivity index (χ4n) is 3.55. The van der Waals surface area contributed by atoms with Gasteiger partial charge in [-0.2, -0.15) is 4.98 Å². The molecule has 1 saturated heterocycles. The zero-order valence-electron chi connectivity index (χ0n) is 16.7. The summed E-state index contributed by atoms with van der Waals surface area (Å²) in [7, 11) is 0. The van der Waals surface area contributed by atoms with Crippen LogP contribution in [-0.2, 0) is 9.59 Å². The Labute approximate surface area is 179 Å². The molecule has 0 bridgehead atoms. The van der Waals surface area contributed by atoms with E-state index in [1.54, 1.807) is 18.2 Å². The van der Waals surface area contributed by atoms with Crippen LogP contribution in [0.25, 0.3) is 11.1 Å². The average Bonchev–Trinajstić information content (AvgIpc) is 3.19. The molecule has 4 rings (SSSR count). The number of hydrogen-bond donors (Lipinski definition) is 2. The van der Waals surface area contributed by atoms with E-state index < -0.39 is 11.8 Å². The lowest BCUT2D eigenvalue weighted by molar-refractivity contribution is -0.136.